The van der Waals surface area contributed by atoms with Gasteiger partial charge in [-0.25, -0.2) is 4.79 Å². The van der Waals surface area contributed by atoms with E-state index in [1.807, 2.05) is 0 Å². The molecule has 0 aromatic heterocycles. The molecule has 0 spiro atoms. The van der Waals surface area contributed by atoms with Gasteiger partial charge in [0.05, 0.1) is 6.10 Å². The third kappa shape index (κ3) is 4.99. The number of aromatic hydroxyl groups is 2. The molecule has 2 aliphatic carbocycles. The summed E-state index contributed by atoms with van der Waals surface area (Å²) >= 11 is 0. The number of hydrogen-bond acceptors (Lipinski definition) is 7. The first-order chi connectivity index (χ1) is 12.7. The van der Waals surface area contributed by atoms with Crippen molar-refractivity contribution in [3.8, 4) is 11.5 Å². The van der Waals surface area contributed by atoms with E-state index in [0.717, 1.165) is 18.9 Å². The first-order valence-corrected chi connectivity index (χ1v) is 8.87. The van der Waals surface area contributed by atoms with E-state index in [1.165, 1.54) is 24.3 Å². The Bertz CT molecular complexity index is 758. The van der Waals surface area contributed by atoms with E-state index < -0.39 is 29.7 Å². The number of nitrogens with one attached hydrogen (secondary N) is 1. The molecule has 2 fully saturated rings. The first kappa shape index (κ1) is 19.2. The molecule has 1 aromatic rings. The molecule has 0 bridgehead atoms. The highest BCUT2D eigenvalue weighted by Gasteiger charge is 2.46. The molecule has 0 heterocycles. The van der Waals surface area contributed by atoms with Crippen molar-refractivity contribution >= 4 is 18.0 Å². The van der Waals surface area contributed by atoms with Gasteiger partial charge in [0, 0.05) is 31.4 Å². The lowest BCUT2D eigenvalue weighted by Gasteiger charge is -2.37. The van der Waals surface area contributed by atoms with Gasteiger partial charge in [0.1, 0.15) is 11.7 Å². The lowest BCUT2D eigenvalue weighted by molar-refractivity contribution is -0.165. The maximum absolute atomic E-state index is 12.2. The number of phenolic OH excluding ortho intramolecular Hbond substituents is 2. The molecule has 1 aromatic carbocycles. The molecule has 2 saturated carbocycles. The van der Waals surface area contributed by atoms with Gasteiger partial charge in [0.15, 0.2) is 11.5 Å². The van der Waals surface area contributed by atoms with Gasteiger partial charge in [0.25, 0.3) is 5.91 Å². The average molecular weight is 377 g/mol. The second kappa shape index (κ2) is 7.58. The van der Waals surface area contributed by atoms with Crippen molar-refractivity contribution in [2.24, 2.45) is 0 Å². The van der Waals surface area contributed by atoms with Crippen molar-refractivity contribution < 1.29 is 34.8 Å². The third-order valence-electron chi connectivity index (χ3n) is 4.70. The van der Waals surface area contributed by atoms with Crippen molar-refractivity contribution in [2.45, 2.75) is 56.0 Å². The number of rotatable bonds is 5. The number of ether oxygens (including phenoxy) is 1. The van der Waals surface area contributed by atoms with Gasteiger partial charge < -0.3 is 30.5 Å². The molecule has 0 unspecified atom stereocenters. The Hall–Kier alpha value is -2.58. The Morgan fingerprint density at radius 1 is 1.19 bits per heavy atom. The monoisotopic (exact) mass is 377 g/mol. The molecule has 2 aliphatic rings. The summed E-state index contributed by atoms with van der Waals surface area (Å²) in [7, 11) is 0. The van der Waals surface area contributed by atoms with Crippen LogP contribution in [0.1, 0.15) is 37.7 Å². The zero-order valence-corrected chi connectivity index (χ0v) is 14.7. The number of aliphatic hydroxyl groups is 2. The molecule has 3 rings (SSSR count). The minimum Gasteiger partial charge on any atom is -0.504 e. The van der Waals surface area contributed by atoms with Gasteiger partial charge in [-0.15, -0.1) is 0 Å². The SMILES string of the molecule is O=C(/C=C/c1ccc(O)c(O)c1)O[C@H]1C[C@H](O)C[C@@](O)(C(=O)NC2CC2)C1. The van der Waals surface area contributed by atoms with Crippen molar-refractivity contribution in [1.82, 2.24) is 5.32 Å². The molecule has 27 heavy (non-hydrogen) atoms. The maximum Gasteiger partial charge on any atom is 0.331 e. The van der Waals surface area contributed by atoms with Crippen LogP contribution in [0.2, 0.25) is 0 Å². The smallest absolute Gasteiger partial charge is 0.331 e. The molecule has 8 nitrogen and oxygen atoms in total. The van der Waals surface area contributed by atoms with Crippen LogP contribution in [-0.4, -0.2) is 56.2 Å². The van der Waals surface area contributed by atoms with E-state index in [0.29, 0.717) is 5.56 Å². The summed E-state index contributed by atoms with van der Waals surface area (Å²) < 4.78 is 5.27. The lowest BCUT2D eigenvalue weighted by Crippen LogP contribution is -2.55. The fourth-order valence-corrected chi connectivity index (χ4v) is 3.15. The number of carbonyl (C=O) groups excluding carboxylic acids is 2. The fraction of sp³-hybridized carbons (Fsp3) is 0.474. The first-order valence-electron chi connectivity index (χ1n) is 8.87. The van der Waals surface area contributed by atoms with Crippen LogP contribution < -0.4 is 5.32 Å². The number of carbonyl (C=O) groups is 2. The Balaban J connectivity index is 1.59. The standard InChI is InChI=1S/C19H23NO7/c21-13-8-14(10-19(26,9-13)18(25)20-12-3-4-12)27-17(24)6-2-11-1-5-15(22)16(23)7-11/h1-2,5-7,12-14,21-23,26H,3-4,8-10H2,(H,20,25)/b6-2+/t13-,14-,19-/m0/s1. The molecule has 0 saturated heterocycles. The van der Waals surface area contributed by atoms with Crippen LogP contribution in [0.4, 0.5) is 0 Å². The van der Waals surface area contributed by atoms with Crippen LogP contribution in [0.5, 0.6) is 11.5 Å². The zero-order chi connectivity index (χ0) is 19.6. The number of benzene rings is 1. The van der Waals surface area contributed by atoms with Crippen molar-refractivity contribution in [2.75, 3.05) is 0 Å². The Morgan fingerprint density at radius 2 is 1.93 bits per heavy atom. The highest BCUT2D eigenvalue weighted by atomic mass is 16.5. The Labute approximate surface area is 156 Å². The summed E-state index contributed by atoms with van der Waals surface area (Å²) in [5.41, 5.74) is -1.29. The predicted octanol–water partition coefficient (Wildman–Crippen LogP) is 0.577. The number of aliphatic hydroxyl groups excluding tert-OH is 1. The van der Waals surface area contributed by atoms with Gasteiger partial charge >= 0.3 is 5.97 Å². The quantitative estimate of drug-likeness (QED) is 0.288. The molecular weight excluding hydrogens is 354 g/mol. The Kier molecular flexibility index (Phi) is 5.38. The largest absolute Gasteiger partial charge is 0.504 e. The van der Waals surface area contributed by atoms with Crippen molar-refractivity contribution in [3.05, 3.63) is 29.8 Å². The van der Waals surface area contributed by atoms with Gasteiger partial charge in [-0.3, -0.25) is 4.79 Å². The average Bonchev–Trinajstić information content (AvgIpc) is 3.39. The second-order valence-corrected chi connectivity index (χ2v) is 7.22. The summed E-state index contributed by atoms with van der Waals surface area (Å²) in [4.78, 5) is 24.3. The highest BCUT2D eigenvalue weighted by Crippen LogP contribution is 2.32. The topological polar surface area (TPSA) is 136 Å². The van der Waals surface area contributed by atoms with E-state index in [4.69, 9.17) is 4.74 Å². The summed E-state index contributed by atoms with van der Waals surface area (Å²) in [5.74, 6) is -1.83. The second-order valence-electron chi connectivity index (χ2n) is 7.22. The Morgan fingerprint density at radius 3 is 2.59 bits per heavy atom. The van der Waals surface area contributed by atoms with E-state index in [9.17, 15) is 30.0 Å². The summed E-state index contributed by atoms with van der Waals surface area (Å²) in [6, 6.07) is 4.15. The number of hydrogen-bond donors (Lipinski definition) is 5. The van der Waals surface area contributed by atoms with Gasteiger partial charge in [-0.1, -0.05) is 6.07 Å². The number of esters is 1. The predicted molar refractivity (Wildman–Crippen MR) is 94.7 cm³/mol. The summed E-state index contributed by atoms with van der Waals surface area (Å²) in [6.07, 6.45) is 2.49. The molecule has 5 N–H and O–H groups in total. The number of phenols is 2. The highest BCUT2D eigenvalue weighted by molar-refractivity contribution is 5.88. The third-order valence-corrected chi connectivity index (χ3v) is 4.70. The minimum absolute atomic E-state index is 0.0752. The van der Waals surface area contributed by atoms with Crippen molar-refractivity contribution in [3.63, 3.8) is 0 Å². The van der Waals surface area contributed by atoms with Gasteiger partial charge in [0.2, 0.25) is 0 Å². The molecule has 0 radical (unpaired) electrons. The van der Waals surface area contributed by atoms with Crippen LogP contribution in [0.15, 0.2) is 24.3 Å². The summed E-state index contributed by atoms with van der Waals surface area (Å²) in [6.45, 7) is 0. The lowest BCUT2D eigenvalue weighted by atomic mass is 9.80. The van der Waals surface area contributed by atoms with E-state index >= 15 is 0 Å². The van der Waals surface area contributed by atoms with E-state index in [2.05, 4.69) is 5.32 Å². The fourth-order valence-electron chi connectivity index (χ4n) is 3.15. The number of amides is 1. The maximum atomic E-state index is 12.2. The summed E-state index contributed by atoms with van der Waals surface area (Å²) in [5, 5.41) is 42.0. The van der Waals surface area contributed by atoms with Crippen LogP contribution in [-0.2, 0) is 14.3 Å². The van der Waals surface area contributed by atoms with E-state index in [1.54, 1.807) is 0 Å². The molecular formula is C19H23NO7. The molecule has 8 heteroatoms. The molecule has 1 amide bonds. The zero-order valence-electron chi connectivity index (χ0n) is 14.7. The van der Waals surface area contributed by atoms with Gasteiger partial charge in [-0.2, -0.15) is 0 Å². The normalized spacial score (nSPS) is 28.1. The van der Waals surface area contributed by atoms with Crippen LogP contribution >= 0.6 is 0 Å². The van der Waals surface area contributed by atoms with Gasteiger partial charge in [-0.05, 0) is 36.6 Å². The molecule has 0 aliphatic heterocycles. The molecule has 3 atom stereocenters. The van der Waals surface area contributed by atoms with Crippen LogP contribution in [0, 0.1) is 0 Å². The van der Waals surface area contributed by atoms with Crippen LogP contribution in [0.25, 0.3) is 6.08 Å². The van der Waals surface area contributed by atoms with E-state index in [-0.39, 0.29) is 36.8 Å². The van der Waals surface area contributed by atoms with Crippen molar-refractivity contribution in [1.29, 1.82) is 0 Å². The minimum atomic E-state index is -1.77. The van der Waals surface area contributed by atoms with Crippen LogP contribution in [0.3, 0.4) is 0 Å². The molecule has 146 valence electrons.